The molecule has 26 heavy (non-hydrogen) atoms. The maximum absolute atomic E-state index is 12.2. The van der Waals surface area contributed by atoms with Gasteiger partial charge in [-0.1, -0.05) is 54.6 Å². The van der Waals surface area contributed by atoms with E-state index in [-0.39, 0.29) is 6.61 Å². The second-order valence-corrected chi connectivity index (χ2v) is 6.65. The predicted octanol–water partition coefficient (Wildman–Crippen LogP) is 3.07. The molecule has 3 rings (SSSR count). The van der Waals surface area contributed by atoms with Gasteiger partial charge in [0.1, 0.15) is 0 Å². The number of hydrogen-bond donors (Lipinski definition) is 1. The zero-order valence-electron chi connectivity index (χ0n) is 14.8. The van der Waals surface area contributed by atoms with Crippen molar-refractivity contribution >= 4 is 11.9 Å². The molecule has 1 aliphatic heterocycles. The molecule has 2 atom stereocenters. The maximum Gasteiger partial charge on any atom is 0.326 e. The van der Waals surface area contributed by atoms with Crippen molar-refractivity contribution in [3.8, 4) is 11.1 Å². The van der Waals surface area contributed by atoms with Crippen molar-refractivity contribution in [1.82, 2.24) is 0 Å². The van der Waals surface area contributed by atoms with E-state index in [0.717, 1.165) is 17.5 Å². The van der Waals surface area contributed by atoms with Crippen LogP contribution in [0, 0.1) is 5.41 Å². The summed E-state index contributed by atoms with van der Waals surface area (Å²) < 4.78 is 10.4. The van der Waals surface area contributed by atoms with Gasteiger partial charge in [-0.2, -0.15) is 0 Å². The standard InChI is InChI=1S/C21H23NO4/c1-15-25-14-21(19(22)23,20(24)26-15)13-5-6-16-9-11-18(12-10-16)17-7-3-2-4-8-17/h2-4,7-12,15H,5-6,13-14H2,1H3,(H2,22,23)/t15-,21+/m1/s1. The van der Waals surface area contributed by atoms with Gasteiger partial charge < -0.3 is 15.2 Å². The Morgan fingerprint density at radius 1 is 1.12 bits per heavy atom. The van der Waals surface area contributed by atoms with Gasteiger partial charge in [0, 0.05) is 0 Å². The Bertz CT molecular complexity index is 772. The minimum absolute atomic E-state index is 0.0186. The summed E-state index contributed by atoms with van der Waals surface area (Å²) in [4.78, 5) is 24.1. The third-order valence-corrected chi connectivity index (χ3v) is 4.83. The van der Waals surface area contributed by atoms with Crippen molar-refractivity contribution in [3.05, 3.63) is 60.2 Å². The fourth-order valence-corrected chi connectivity index (χ4v) is 3.17. The Morgan fingerprint density at radius 2 is 1.77 bits per heavy atom. The van der Waals surface area contributed by atoms with Gasteiger partial charge in [-0.25, -0.2) is 0 Å². The molecule has 0 spiro atoms. The van der Waals surface area contributed by atoms with Crippen LogP contribution in [0.3, 0.4) is 0 Å². The van der Waals surface area contributed by atoms with Crippen molar-refractivity contribution < 1.29 is 19.1 Å². The number of primary amides is 1. The summed E-state index contributed by atoms with van der Waals surface area (Å²) >= 11 is 0. The van der Waals surface area contributed by atoms with Crippen LogP contribution in [0.4, 0.5) is 0 Å². The average molecular weight is 353 g/mol. The second kappa shape index (κ2) is 7.70. The number of carbonyl (C=O) groups excluding carboxylic acids is 2. The molecule has 0 bridgehead atoms. The Morgan fingerprint density at radius 3 is 2.38 bits per heavy atom. The number of amides is 1. The minimum Gasteiger partial charge on any atom is -0.435 e. The highest BCUT2D eigenvalue weighted by atomic mass is 16.7. The molecule has 0 saturated carbocycles. The number of esters is 1. The van der Waals surface area contributed by atoms with E-state index in [1.807, 2.05) is 18.2 Å². The molecule has 0 unspecified atom stereocenters. The van der Waals surface area contributed by atoms with Crippen molar-refractivity contribution in [3.63, 3.8) is 0 Å². The van der Waals surface area contributed by atoms with Gasteiger partial charge in [-0.05, 0) is 42.9 Å². The molecule has 5 heteroatoms. The smallest absolute Gasteiger partial charge is 0.326 e. The van der Waals surface area contributed by atoms with E-state index in [0.29, 0.717) is 12.8 Å². The van der Waals surface area contributed by atoms with Crippen LogP contribution in [-0.2, 0) is 25.5 Å². The fourth-order valence-electron chi connectivity index (χ4n) is 3.17. The lowest BCUT2D eigenvalue weighted by Crippen LogP contribution is -2.53. The molecular formula is C21H23NO4. The van der Waals surface area contributed by atoms with Crippen molar-refractivity contribution in [2.75, 3.05) is 6.61 Å². The summed E-state index contributed by atoms with van der Waals surface area (Å²) in [5.74, 6) is -1.27. The van der Waals surface area contributed by atoms with Crippen LogP contribution in [0.15, 0.2) is 54.6 Å². The highest BCUT2D eigenvalue weighted by Gasteiger charge is 2.49. The van der Waals surface area contributed by atoms with E-state index < -0.39 is 23.6 Å². The third-order valence-electron chi connectivity index (χ3n) is 4.83. The molecule has 2 aromatic rings. The van der Waals surface area contributed by atoms with E-state index in [2.05, 4.69) is 36.4 Å². The quantitative estimate of drug-likeness (QED) is 0.639. The van der Waals surface area contributed by atoms with E-state index in [4.69, 9.17) is 15.2 Å². The summed E-state index contributed by atoms with van der Waals surface area (Å²) in [5, 5.41) is 0. The summed E-state index contributed by atoms with van der Waals surface area (Å²) in [6, 6.07) is 18.4. The topological polar surface area (TPSA) is 78.6 Å². The van der Waals surface area contributed by atoms with E-state index in [1.54, 1.807) is 6.92 Å². The average Bonchev–Trinajstić information content (AvgIpc) is 2.65. The van der Waals surface area contributed by atoms with Crippen LogP contribution in [0.25, 0.3) is 11.1 Å². The van der Waals surface area contributed by atoms with Crippen molar-refractivity contribution in [2.45, 2.75) is 32.5 Å². The number of cyclic esters (lactones) is 1. The number of hydrogen-bond acceptors (Lipinski definition) is 4. The first-order valence-corrected chi connectivity index (χ1v) is 8.78. The first-order chi connectivity index (χ1) is 12.5. The van der Waals surface area contributed by atoms with Gasteiger partial charge in [0.15, 0.2) is 11.7 Å². The van der Waals surface area contributed by atoms with E-state index in [1.165, 1.54) is 5.56 Å². The lowest BCUT2D eigenvalue weighted by molar-refractivity contribution is -0.220. The normalized spacial score (nSPS) is 22.7. The zero-order valence-corrected chi connectivity index (χ0v) is 14.8. The number of ether oxygens (including phenoxy) is 2. The number of rotatable bonds is 6. The maximum atomic E-state index is 12.2. The molecule has 2 aromatic carbocycles. The molecule has 5 nitrogen and oxygen atoms in total. The van der Waals surface area contributed by atoms with Gasteiger partial charge in [0.05, 0.1) is 6.61 Å². The van der Waals surface area contributed by atoms with Crippen LogP contribution in [0.1, 0.15) is 25.3 Å². The number of carbonyl (C=O) groups is 2. The molecule has 1 saturated heterocycles. The van der Waals surface area contributed by atoms with E-state index in [9.17, 15) is 9.59 Å². The fraction of sp³-hybridized carbons (Fsp3) is 0.333. The first-order valence-electron chi connectivity index (χ1n) is 8.78. The minimum atomic E-state index is -1.38. The Kier molecular flexibility index (Phi) is 5.38. The predicted molar refractivity (Wildman–Crippen MR) is 97.9 cm³/mol. The third kappa shape index (κ3) is 3.78. The zero-order chi connectivity index (χ0) is 18.6. The second-order valence-electron chi connectivity index (χ2n) is 6.65. The van der Waals surface area contributed by atoms with Crippen molar-refractivity contribution in [1.29, 1.82) is 0 Å². The lowest BCUT2D eigenvalue weighted by Gasteiger charge is -2.34. The van der Waals surface area contributed by atoms with Gasteiger partial charge in [-0.3, -0.25) is 9.59 Å². The van der Waals surface area contributed by atoms with Gasteiger partial charge >= 0.3 is 5.97 Å². The Balaban J connectivity index is 1.62. The Hall–Kier alpha value is -2.66. The van der Waals surface area contributed by atoms with Crippen LogP contribution < -0.4 is 5.73 Å². The van der Waals surface area contributed by atoms with Gasteiger partial charge in [0.25, 0.3) is 0 Å². The van der Waals surface area contributed by atoms with Gasteiger partial charge in [0.2, 0.25) is 5.91 Å². The number of aryl methyl sites for hydroxylation is 1. The summed E-state index contributed by atoms with van der Waals surface area (Å²) in [7, 11) is 0. The molecule has 0 aromatic heterocycles. The molecule has 2 N–H and O–H groups in total. The highest BCUT2D eigenvalue weighted by molar-refractivity contribution is 6.02. The molecular weight excluding hydrogens is 330 g/mol. The number of benzene rings is 2. The van der Waals surface area contributed by atoms with Crippen LogP contribution >= 0.6 is 0 Å². The van der Waals surface area contributed by atoms with E-state index >= 15 is 0 Å². The molecule has 1 heterocycles. The SMILES string of the molecule is C[C@@H]1OC[C@@](CCCc2ccc(-c3ccccc3)cc2)(C(N)=O)C(=O)O1. The van der Waals surface area contributed by atoms with Crippen LogP contribution in [-0.4, -0.2) is 24.8 Å². The summed E-state index contributed by atoms with van der Waals surface area (Å²) in [6.07, 6.45) is 1.06. The molecule has 136 valence electrons. The molecule has 1 amide bonds. The summed E-state index contributed by atoms with van der Waals surface area (Å²) in [5.41, 5.74) is 7.57. The summed E-state index contributed by atoms with van der Waals surface area (Å²) in [6.45, 7) is 1.60. The van der Waals surface area contributed by atoms with Crippen molar-refractivity contribution in [2.24, 2.45) is 11.1 Å². The molecule has 0 radical (unpaired) electrons. The largest absolute Gasteiger partial charge is 0.435 e. The number of nitrogens with two attached hydrogens (primary N) is 1. The molecule has 0 aliphatic carbocycles. The highest BCUT2D eigenvalue weighted by Crippen LogP contribution is 2.32. The monoisotopic (exact) mass is 353 g/mol. The van der Waals surface area contributed by atoms with Crippen LogP contribution in [0.5, 0.6) is 0 Å². The molecule has 1 fully saturated rings. The van der Waals surface area contributed by atoms with Gasteiger partial charge in [-0.15, -0.1) is 0 Å². The molecule has 1 aliphatic rings. The van der Waals surface area contributed by atoms with Crippen LogP contribution in [0.2, 0.25) is 0 Å². The lowest BCUT2D eigenvalue weighted by atomic mass is 9.81. The Labute approximate surface area is 153 Å². The first kappa shape index (κ1) is 18.1.